The van der Waals surface area contributed by atoms with Crippen molar-refractivity contribution in [2.75, 3.05) is 41.0 Å². The molecule has 0 aliphatic heterocycles. The second kappa shape index (κ2) is 46.8. The largest absolute Gasteiger partial charge is 0.544 e. The first-order chi connectivity index (χ1) is 31.1. The van der Waals surface area contributed by atoms with Gasteiger partial charge in [0.05, 0.1) is 40.3 Å². The Bertz CT molecular complexity index is 1190. The quantitative estimate of drug-likeness (QED) is 0.0197. The Morgan fingerprint density at radius 2 is 0.922 bits per heavy atom. The number of quaternary nitrogens is 1. The van der Waals surface area contributed by atoms with Crippen molar-refractivity contribution < 1.29 is 38.2 Å². The molecule has 372 valence electrons. The Hall–Kier alpha value is -2.71. The molecule has 0 aromatic rings. The summed E-state index contributed by atoms with van der Waals surface area (Å²) in [6.45, 7) is 4.56. The lowest BCUT2D eigenvalue weighted by atomic mass is 10.0. The lowest BCUT2D eigenvalue weighted by molar-refractivity contribution is -0.889. The van der Waals surface area contributed by atoms with Crippen molar-refractivity contribution in [3.8, 4) is 0 Å². The van der Waals surface area contributed by atoms with Crippen LogP contribution in [-0.4, -0.2) is 75.5 Å². The number of carboxylic acids is 1. The third kappa shape index (κ3) is 44.5. The first-order valence-corrected chi connectivity index (χ1v) is 26.7. The predicted molar refractivity (Wildman–Crippen MR) is 268 cm³/mol. The van der Waals surface area contributed by atoms with Crippen LogP contribution in [0.4, 0.5) is 0 Å². The van der Waals surface area contributed by atoms with Crippen LogP contribution in [0.3, 0.4) is 0 Å². The third-order valence-corrected chi connectivity index (χ3v) is 12.0. The topological polar surface area (TPSA) is 102 Å². The van der Waals surface area contributed by atoms with Gasteiger partial charge in [0.2, 0.25) is 0 Å². The molecule has 0 fully saturated rings. The Kier molecular flexibility index (Phi) is 44.8. The molecule has 0 spiro atoms. The molecular formula is C56H101NO7. The number of ether oxygens (including phenoxy) is 3. The summed E-state index contributed by atoms with van der Waals surface area (Å²) in [5.74, 6) is -1.73. The van der Waals surface area contributed by atoms with Crippen molar-refractivity contribution in [1.29, 1.82) is 0 Å². The zero-order valence-corrected chi connectivity index (χ0v) is 42.4. The number of hydrogen-bond donors (Lipinski definition) is 0. The predicted octanol–water partition coefficient (Wildman–Crippen LogP) is 14.2. The number of rotatable bonds is 48. The van der Waals surface area contributed by atoms with Gasteiger partial charge in [-0.1, -0.05) is 204 Å². The lowest BCUT2D eigenvalue weighted by Crippen LogP contribution is -2.55. The minimum Gasteiger partial charge on any atom is -0.544 e. The lowest BCUT2D eigenvalue weighted by Gasteiger charge is -2.34. The smallest absolute Gasteiger partial charge is 0.306 e. The molecule has 8 heteroatoms. The van der Waals surface area contributed by atoms with Crippen molar-refractivity contribution in [2.45, 2.75) is 251 Å². The highest BCUT2D eigenvalue weighted by Crippen LogP contribution is 2.16. The van der Waals surface area contributed by atoms with Gasteiger partial charge in [-0.15, -0.1) is 0 Å². The van der Waals surface area contributed by atoms with Crippen LogP contribution in [0.15, 0.2) is 48.6 Å². The van der Waals surface area contributed by atoms with Crippen molar-refractivity contribution >= 4 is 17.9 Å². The van der Waals surface area contributed by atoms with E-state index in [1.54, 1.807) is 0 Å². The second-order valence-electron chi connectivity index (χ2n) is 19.1. The average Bonchev–Trinajstić information content (AvgIpc) is 3.26. The van der Waals surface area contributed by atoms with Gasteiger partial charge in [-0.05, 0) is 64.2 Å². The van der Waals surface area contributed by atoms with Gasteiger partial charge in [-0.3, -0.25) is 9.59 Å². The molecule has 0 bridgehead atoms. The van der Waals surface area contributed by atoms with E-state index in [1.807, 2.05) is 21.1 Å². The SMILES string of the molecule is CC/C=C/C/C=C/CCCCCCCCCCCCCCCCC(=O)OC(COCCC(C(=O)[O-])[N+](C)(C)C)COC(=O)CCCCCCCCCCCC/C=C/C=C/CCCCC. The van der Waals surface area contributed by atoms with Crippen LogP contribution in [0.2, 0.25) is 0 Å². The van der Waals surface area contributed by atoms with E-state index >= 15 is 0 Å². The van der Waals surface area contributed by atoms with Gasteiger partial charge in [-0.25, -0.2) is 0 Å². The number of carbonyl (C=O) groups excluding carboxylic acids is 3. The van der Waals surface area contributed by atoms with E-state index in [-0.39, 0.29) is 42.7 Å². The van der Waals surface area contributed by atoms with Crippen LogP contribution in [-0.2, 0) is 28.6 Å². The maximum absolute atomic E-state index is 12.8. The van der Waals surface area contributed by atoms with Crippen molar-refractivity contribution in [3.05, 3.63) is 48.6 Å². The molecule has 2 unspecified atom stereocenters. The van der Waals surface area contributed by atoms with Gasteiger partial charge in [-0.2, -0.15) is 0 Å². The average molecular weight is 900 g/mol. The number of carboxylic acid groups (broad SMARTS) is 1. The Morgan fingerprint density at radius 3 is 1.38 bits per heavy atom. The fourth-order valence-corrected chi connectivity index (χ4v) is 7.87. The van der Waals surface area contributed by atoms with Crippen LogP contribution < -0.4 is 5.11 Å². The first kappa shape index (κ1) is 61.3. The molecule has 0 heterocycles. The number of nitrogens with zero attached hydrogens (tertiary/aromatic N) is 1. The fraction of sp³-hybridized carbons (Fsp3) is 0.804. The highest BCUT2D eigenvalue weighted by molar-refractivity contribution is 5.70. The number of allylic oxidation sites excluding steroid dienone is 8. The zero-order chi connectivity index (χ0) is 47.0. The van der Waals surface area contributed by atoms with Gasteiger partial charge in [0.25, 0.3) is 0 Å². The van der Waals surface area contributed by atoms with Crippen LogP contribution in [0.1, 0.15) is 239 Å². The maximum atomic E-state index is 12.8. The molecule has 0 N–H and O–H groups in total. The molecule has 8 nitrogen and oxygen atoms in total. The van der Waals surface area contributed by atoms with E-state index < -0.39 is 18.1 Å². The molecule has 0 aliphatic rings. The van der Waals surface area contributed by atoms with E-state index in [4.69, 9.17) is 14.2 Å². The Morgan fingerprint density at radius 1 is 0.500 bits per heavy atom. The molecule has 0 aromatic heterocycles. The van der Waals surface area contributed by atoms with Crippen molar-refractivity contribution in [3.63, 3.8) is 0 Å². The highest BCUT2D eigenvalue weighted by atomic mass is 16.6. The summed E-state index contributed by atoms with van der Waals surface area (Å²) in [6, 6.07) is -0.727. The van der Waals surface area contributed by atoms with Gasteiger partial charge < -0.3 is 28.6 Å². The van der Waals surface area contributed by atoms with Crippen LogP contribution in [0.5, 0.6) is 0 Å². The van der Waals surface area contributed by atoms with Crippen LogP contribution in [0, 0.1) is 0 Å². The van der Waals surface area contributed by atoms with Crippen LogP contribution >= 0.6 is 0 Å². The van der Waals surface area contributed by atoms with E-state index in [0.717, 1.165) is 51.4 Å². The number of hydrogen-bond acceptors (Lipinski definition) is 7. The molecule has 0 rings (SSSR count). The molecular weight excluding hydrogens is 799 g/mol. The van der Waals surface area contributed by atoms with Gasteiger partial charge in [0.1, 0.15) is 12.6 Å². The van der Waals surface area contributed by atoms with Crippen molar-refractivity contribution in [1.82, 2.24) is 0 Å². The minimum absolute atomic E-state index is 0.0409. The summed E-state index contributed by atoms with van der Waals surface area (Å²) in [7, 11) is 5.42. The summed E-state index contributed by atoms with van der Waals surface area (Å²) in [6.07, 6.45) is 57.1. The highest BCUT2D eigenvalue weighted by Gasteiger charge is 2.25. The number of unbranched alkanes of at least 4 members (excludes halogenated alkanes) is 27. The van der Waals surface area contributed by atoms with E-state index in [9.17, 15) is 19.5 Å². The number of esters is 2. The standard InChI is InChI=1S/C56H101NO7/c1-6-8-10-12-14-16-18-20-22-24-26-27-29-31-33-35-37-39-41-43-45-47-55(59)64-52(50-62-49-48-53(56(60)61)57(3,4)5)51-63-54(58)46-44-42-40-38-36-34-32-30-28-25-23-21-19-17-15-13-11-9-7-2/h8,10,14-17,19,21,52-53H,6-7,9,11-13,18,20,22-51H2,1-5H3/b10-8+,16-14+,17-15+,21-19+. The molecule has 0 saturated carbocycles. The number of aliphatic carboxylic acids is 1. The molecule has 0 radical (unpaired) electrons. The van der Waals surface area contributed by atoms with E-state index in [2.05, 4.69) is 62.5 Å². The summed E-state index contributed by atoms with van der Waals surface area (Å²) < 4.78 is 17.3. The van der Waals surface area contributed by atoms with E-state index in [0.29, 0.717) is 12.8 Å². The Labute approximate surface area is 395 Å². The molecule has 0 amide bonds. The number of likely N-dealkylation sites (N-methyl/N-ethyl adjacent to an activating group) is 1. The normalized spacial score (nSPS) is 13.2. The Balaban J connectivity index is 4.20. The summed E-state index contributed by atoms with van der Waals surface area (Å²) in [4.78, 5) is 37.1. The van der Waals surface area contributed by atoms with E-state index in [1.165, 1.54) is 154 Å². The molecule has 0 aromatic carbocycles. The molecule has 0 aliphatic carbocycles. The van der Waals surface area contributed by atoms with Gasteiger partial charge >= 0.3 is 11.9 Å². The third-order valence-electron chi connectivity index (χ3n) is 12.0. The summed E-state index contributed by atoms with van der Waals surface area (Å²) in [5.41, 5.74) is 0. The van der Waals surface area contributed by atoms with Crippen LogP contribution in [0.25, 0.3) is 0 Å². The molecule has 2 atom stereocenters. The molecule has 0 saturated heterocycles. The first-order valence-electron chi connectivity index (χ1n) is 26.7. The monoisotopic (exact) mass is 900 g/mol. The zero-order valence-electron chi connectivity index (χ0n) is 42.4. The van der Waals surface area contributed by atoms with Crippen molar-refractivity contribution in [2.24, 2.45) is 0 Å². The minimum atomic E-state index is -1.12. The maximum Gasteiger partial charge on any atom is 0.306 e. The van der Waals surface area contributed by atoms with Gasteiger partial charge in [0.15, 0.2) is 6.10 Å². The number of carbonyl (C=O) groups is 3. The fourth-order valence-electron chi connectivity index (χ4n) is 7.87. The molecule has 64 heavy (non-hydrogen) atoms. The van der Waals surface area contributed by atoms with Gasteiger partial charge in [0, 0.05) is 19.3 Å². The summed E-state index contributed by atoms with van der Waals surface area (Å²) in [5, 5.41) is 11.7. The summed E-state index contributed by atoms with van der Waals surface area (Å²) >= 11 is 0. The second-order valence-corrected chi connectivity index (χ2v) is 19.1.